The Morgan fingerprint density at radius 1 is 1.21 bits per heavy atom. The summed E-state index contributed by atoms with van der Waals surface area (Å²) in [4.78, 5) is 13.1. The van der Waals surface area contributed by atoms with Crippen LogP contribution in [-0.2, 0) is 6.54 Å². The molecule has 152 valence electrons. The van der Waals surface area contributed by atoms with Crippen molar-refractivity contribution < 1.29 is 4.74 Å². The molecule has 0 aliphatic heterocycles. The van der Waals surface area contributed by atoms with Crippen molar-refractivity contribution in [3.63, 3.8) is 0 Å². The SMILES string of the molecule is CCNC(=NCc1ccc(-n2ccnc2)nc1)NCC(C)Oc1ccc(Cl)cc1. The van der Waals surface area contributed by atoms with Crippen LogP contribution in [0.4, 0.5) is 0 Å². The van der Waals surface area contributed by atoms with E-state index in [1.54, 1.807) is 12.5 Å². The molecule has 0 saturated heterocycles. The summed E-state index contributed by atoms with van der Waals surface area (Å²) in [5, 5.41) is 7.25. The van der Waals surface area contributed by atoms with Crippen LogP contribution in [-0.4, -0.2) is 39.7 Å². The zero-order valence-electron chi connectivity index (χ0n) is 16.5. The first-order valence-corrected chi connectivity index (χ1v) is 9.89. The second-order valence-corrected chi connectivity index (χ2v) is 6.89. The summed E-state index contributed by atoms with van der Waals surface area (Å²) < 4.78 is 7.75. The maximum absolute atomic E-state index is 5.91. The number of ether oxygens (including phenoxy) is 1. The second kappa shape index (κ2) is 10.5. The van der Waals surface area contributed by atoms with Gasteiger partial charge in [0.05, 0.1) is 13.1 Å². The molecule has 0 bridgehead atoms. The van der Waals surface area contributed by atoms with Crippen LogP contribution in [0, 0.1) is 0 Å². The number of benzene rings is 1. The van der Waals surface area contributed by atoms with Gasteiger partial charge in [-0.15, -0.1) is 0 Å². The van der Waals surface area contributed by atoms with Crippen LogP contribution in [0.2, 0.25) is 5.02 Å². The van der Waals surface area contributed by atoms with Gasteiger partial charge >= 0.3 is 0 Å². The predicted molar refractivity (Wildman–Crippen MR) is 116 cm³/mol. The molecule has 2 aromatic heterocycles. The Morgan fingerprint density at radius 3 is 2.69 bits per heavy atom. The zero-order chi connectivity index (χ0) is 20.5. The van der Waals surface area contributed by atoms with E-state index in [4.69, 9.17) is 16.3 Å². The molecule has 3 aromatic rings. The number of guanidine groups is 1. The number of rotatable bonds is 8. The standard InChI is InChI=1S/C21H25ClN6O/c1-3-24-21(26-12-16(2)29-19-7-5-18(22)6-8-19)27-14-17-4-9-20(25-13-17)28-11-10-23-15-28/h4-11,13,15-16H,3,12,14H2,1-2H3,(H2,24,26,27). The van der Waals surface area contributed by atoms with Crippen LogP contribution in [0.3, 0.4) is 0 Å². The Balaban J connectivity index is 1.53. The summed E-state index contributed by atoms with van der Waals surface area (Å²) in [5.74, 6) is 2.35. The van der Waals surface area contributed by atoms with Crippen LogP contribution < -0.4 is 15.4 Å². The molecule has 0 fully saturated rings. The topological polar surface area (TPSA) is 76.4 Å². The largest absolute Gasteiger partial charge is 0.489 e. The van der Waals surface area contributed by atoms with Gasteiger partial charge in [0.1, 0.15) is 24.0 Å². The van der Waals surface area contributed by atoms with E-state index in [9.17, 15) is 0 Å². The lowest BCUT2D eigenvalue weighted by Crippen LogP contribution is -2.41. The highest BCUT2D eigenvalue weighted by atomic mass is 35.5. The summed E-state index contributed by atoms with van der Waals surface area (Å²) in [6.07, 6.45) is 7.11. The summed E-state index contributed by atoms with van der Waals surface area (Å²) in [6, 6.07) is 11.3. The third kappa shape index (κ3) is 6.50. The monoisotopic (exact) mass is 412 g/mol. The Hall–Kier alpha value is -3.06. The van der Waals surface area contributed by atoms with Gasteiger partial charge in [0.25, 0.3) is 0 Å². The van der Waals surface area contributed by atoms with E-state index in [2.05, 4.69) is 25.6 Å². The molecule has 0 aliphatic carbocycles. The highest BCUT2D eigenvalue weighted by molar-refractivity contribution is 6.30. The van der Waals surface area contributed by atoms with E-state index < -0.39 is 0 Å². The van der Waals surface area contributed by atoms with Gasteiger partial charge in [0, 0.05) is 30.2 Å². The molecule has 0 radical (unpaired) electrons. The fourth-order valence-corrected chi connectivity index (χ4v) is 2.72. The van der Waals surface area contributed by atoms with E-state index in [1.807, 2.05) is 67.2 Å². The van der Waals surface area contributed by atoms with Crippen LogP contribution >= 0.6 is 11.6 Å². The van der Waals surface area contributed by atoms with Gasteiger partial charge < -0.3 is 15.4 Å². The van der Waals surface area contributed by atoms with Gasteiger partial charge in [0.2, 0.25) is 0 Å². The van der Waals surface area contributed by atoms with Crippen molar-refractivity contribution in [3.05, 3.63) is 71.9 Å². The molecule has 29 heavy (non-hydrogen) atoms. The zero-order valence-corrected chi connectivity index (χ0v) is 17.3. The number of pyridine rings is 1. The molecule has 0 aliphatic rings. The smallest absolute Gasteiger partial charge is 0.191 e. The summed E-state index contributed by atoms with van der Waals surface area (Å²) in [5.41, 5.74) is 1.02. The first-order valence-electron chi connectivity index (χ1n) is 9.51. The molecule has 8 heteroatoms. The average Bonchev–Trinajstić information content (AvgIpc) is 3.27. The molecule has 2 N–H and O–H groups in total. The number of imidazole rings is 1. The molecule has 1 atom stereocenters. The van der Waals surface area contributed by atoms with Gasteiger partial charge in [0.15, 0.2) is 5.96 Å². The van der Waals surface area contributed by atoms with E-state index in [0.29, 0.717) is 18.1 Å². The van der Waals surface area contributed by atoms with Crippen molar-refractivity contribution in [2.75, 3.05) is 13.1 Å². The molecule has 3 rings (SSSR count). The minimum absolute atomic E-state index is 0.0313. The van der Waals surface area contributed by atoms with E-state index in [1.165, 1.54) is 0 Å². The molecule has 0 saturated carbocycles. The molecule has 0 spiro atoms. The first-order chi connectivity index (χ1) is 14.1. The normalized spacial score (nSPS) is 12.4. The Bertz CT molecular complexity index is 894. The van der Waals surface area contributed by atoms with Crippen LogP contribution in [0.15, 0.2) is 66.3 Å². The van der Waals surface area contributed by atoms with Crippen LogP contribution in [0.5, 0.6) is 5.75 Å². The van der Waals surface area contributed by atoms with Crippen molar-refractivity contribution in [2.24, 2.45) is 4.99 Å². The van der Waals surface area contributed by atoms with E-state index in [0.717, 1.165) is 29.6 Å². The first kappa shape index (κ1) is 20.7. The maximum atomic E-state index is 5.91. The highest BCUT2D eigenvalue weighted by Gasteiger charge is 2.06. The van der Waals surface area contributed by atoms with Crippen LogP contribution in [0.1, 0.15) is 19.4 Å². The molecule has 2 heterocycles. The third-order valence-corrected chi connectivity index (χ3v) is 4.30. The minimum atomic E-state index is -0.0313. The van der Waals surface area contributed by atoms with Gasteiger partial charge in [-0.25, -0.2) is 15.0 Å². The van der Waals surface area contributed by atoms with Gasteiger partial charge in [-0.3, -0.25) is 4.57 Å². The predicted octanol–water partition coefficient (Wildman–Crippen LogP) is 3.44. The average molecular weight is 413 g/mol. The Morgan fingerprint density at radius 2 is 2.03 bits per heavy atom. The van der Waals surface area contributed by atoms with Gasteiger partial charge in [-0.1, -0.05) is 17.7 Å². The minimum Gasteiger partial charge on any atom is -0.489 e. The fourth-order valence-electron chi connectivity index (χ4n) is 2.60. The lowest BCUT2D eigenvalue weighted by molar-refractivity contribution is 0.224. The quantitative estimate of drug-likeness (QED) is 0.437. The Kier molecular flexibility index (Phi) is 7.47. The van der Waals surface area contributed by atoms with Crippen molar-refractivity contribution in [3.8, 4) is 11.6 Å². The summed E-state index contributed by atoms with van der Waals surface area (Å²) in [7, 11) is 0. The molecule has 1 aromatic carbocycles. The van der Waals surface area contributed by atoms with Gasteiger partial charge in [-0.2, -0.15) is 0 Å². The summed E-state index contributed by atoms with van der Waals surface area (Å²) in [6.45, 7) is 5.96. The third-order valence-electron chi connectivity index (χ3n) is 4.05. The number of hydrogen-bond donors (Lipinski definition) is 2. The number of aromatic nitrogens is 3. The van der Waals surface area contributed by atoms with Gasteiger partial charge in [-0.05, 0) is 49.7 Å². The van der Waals surface area contributed by atoms with Crippen LogP contribution in [0.25, 0.3) is 5.82 Å². The lowest BCUT2D eigenvalue weighted by atomic mass is 10.3. The van der Waals surface area contributed by atoms with Crippen molar-refractivity contribution in [1.82, 2.24) is 25.2 Å². The number of nitrogens with zero attached hydrogens (tertiary/aromatic N) is 4. The number of aliphatic imine (C=N–C) groups is 1. The molecule has 7 nitrogen and oxygen atoms in total. The molecular formula is C21H25ClN6O. The van der Waals surface area contributed by atoms with Crippen molar-refractivity contribution >= 4 is 17.6 Å². The Labute approximate surface area is 175 Å². The van der Waals surface area contributed by atoms with E-state index >= 15 is 0 Å². The molecular weight excluding hydrogens is 388 g/mol. The molecule has 1 unspecified atom stereocenters. The maximum Gasteiger partial charge on any atom is 0.191 e. The number of halogens is 1. The number of hydrogen-bond acceptors (Lipinski definition) is 4. The highest BCUT2D eigenvalue weighted by Crippen LogP contribution is 2.16. The van der Waals surface area contributed by atoms with Crippen molar-refractivity contribution in [1.29, 1.82) is 0 Å². The number of nitrogens with one attached hydrogen (secondary N) is 2. The lowest BCUT2D eigenvalue weighted by Gasteiger charge is -2.17. The van der Waals surface area contributed by atoms with E-state index in [-0.39, 0.29) is 6.10 Å². The fraction of sp³-hybridized carbons (Fsp3) is 0.286. The summed E-state index contributed by atoms with van der Waals surface area (Å²) >= 11 is 5.91. The second-order valence-electron chi connectivity index (χ2n) is 6.45. The van der Waals surface area contributed by atoms with Crippen molar-refractivity contribution in [2.45, 2.75) is 26.5 Å². The molecule has 0 amide bonds.